The van der Waals surface area contributed by atoms with Crippen molar-refractivity contribution in [3.8, 4) is 11.4 Å². The largest absolute Gasteiger partial charge is 0.308 e. The number of fused-ring (bicyclic) bond motifs is 7. The van der Waals surface area contributed by atoms with Crippen LogP contribution in [0.3, 0.4) is 0 Å². The van der Waals surface area contributed by atoms with Crippen molar-refractivity contribution in [2.45, 2.75) is 0 Å². The number of benzene rings is 7. The Balaban J connectivity index is 1.34. The molecule has 0 saturated heterocycles. The molecule has 10 aromatic rings. The molecule has 0 fully saturated rings. The fourth-order valence-corrected chi connectivity index (χ4v) is 8.44. The molecule has 48 heavy (non-hydrogen) atoms. The summed E-state index contributed by atoms with van der Waals surface area (Å²) in [6.07, 6.45) is 0. The summed E-state index contributed by atoms with van der Waals surface area (Å²) in [6, 6.07) is 60.4. The van der Waals surface area contributed by atoms with E-state index < -0.39 is 0 Å². The summed E-state index contributed by atoms with van der Waals surface area (Å²) in [5.74, 6) is 0. The SMILES string of the molecule is c1ccc(N(c2ccccc2)c2nc3c(-n4c5ccccc5c5ccccc54)ccc(-n4c5ccccc5c5ccccc54)c3s2)cc1. The van der Waals surface area contributed by atoms with E-state index in [1.807, 2.05) is 0 Å². The highest BCUT2D eigenvalue weighted by Crippen LogP contribution is 2.45. The maximum Gasteiger partial charge on any atom is 0.195 e. The van der Waals surface area contributed by atoms with Gasteiger partial charge in [-0.2, -0.15) is 0 Å². The van der Waals surface area contributed by atoms with Gasteiger partial charge in [-0.1, -0.05) is 121 Å². The van der Waals surface area contributed by atoms with Crippen molar-refractivity contribution in [2.24, 2.45) is 0 Å². The zero-order valence-electron chi connectivity index (χ0n) is 25.9. The third-order valence-electron chi connectivity index (χ3n) is 9.35. The average molecular weight is 633 g/mol. The molecular formula is C43H28N4S. The van der Waals surface area contributed by atoms with Gasteiger partial charge >= 0.3 is 0 Å². The molecule has 3 aromatic heterocycles. The summed E-state index contributed by atoms with van der Waals surface area (Å²) in [5, 5.41) is 5.87. The zero-order chi connectivity index (χ0) is 31.6. The molecule has 4 nitrogen and oxygen atoms in total. The number of aromatic nitrogens is 3. The maximum absolute atomic E-state index is 5.58. The molecule has 0 bridgehead atoms. The normalized spacial score (nSPS) is 11.8. The molecule has 0 atom stereocenters. The molecule has 0 unspecified atom stereocenters. The van der Waals surface area contributed by atoms with Crippen LogP contribution in [0, 0.1) is 0 Å². The lowest BCUT2D eigenvalue weighted by molar-refractivity contribution is 1.16. The van der Waals surface area contributed by atoms with Gasteiger partial charge in [-0.3, -0.25) is 4.90 Å². The predicted molar refractivity (Wildman–Crippen MR) is 203 cm³/mol. The number of hydrogen-bond acceptors (Lipinski definition) is 3. The minimum absolute atomic E-state index is 0.914. The van der Waals surface area contributed by atoms with Gasteiger partial charge in [-0.15, -0.1) is 0 Å². The molecule has 0 saturated carbocycles. The third kappa shape index (κ3) is 3.98. The monoisotopic (exact) mass is 632 g/mol. The summed E-state index contributed by atoms with van der Waals surface area (Å²) in [4.78, 5) is 7.85. The van der Waals surface area contributed by atoms with Crippen LogP contribution in [0.5, 0.6) is 0 Å². The first-order valence-electron chi connectivity index (χ1n) is 16.2. The molecule has 0 amide bonds. The van der Waals surface area contributed by atoms with Crippen LogP contribution in [0.1, 0.15) is 0 Å². The summed E-state index contributed by atoms with van der Waals surface area (Å²) in [5.41, 5.74) is 10.00. The van der Waals surface area contributed by atoms with E-state index in [1.165, 1.54) is 43.6 Å². The van der Waals surface area contributed by atoms with Crippen LogP contribution < -0.4 is 4.90 Å². The second kappa shape index (κ2) is 10.7. The minimum atomic E-state index is 0.914. The van der Waals surface area contributed by atoms with Crippen LogP contribution in [0.25, 0.3) is 65.2 Å². The van der Waals surface area contributed by atoms with Gasteiger partial charge in [-0.05, 0) is 60.7 Å². The second-order valence-electron chi connectivity index (χ2n) is 12.0. The van der Waals surface area contributed by atoms with E-state index in [9.17, 15) is 0 Å². The number of nitrogens with zero attached hydrogens (tertiary/aromatic N) is 4. The Labute approximate surface area is 281 Å². The van der Waals surface area contributed by atoms with Gasteiger partial charge in [-0.25, -0.2) is 4.98 Å². The predicted octanol–water partition coefficient (Wildman–Crippen LogP) is 12.0. The van der Waals surface area contributed by atoms with Crippen molar-refractivity contribution in [3.63, 3.8) is 0 Å². The van der Waals surface area contributed by atoms with E-state index in [0.29, 0.717) is 0 Å². The molecule has 7 aromatic carbocycles. The Hall–Kier alpha value is -6.17. The highest BCUT2D eigenvalue weighted by atomic mass is 32.1. The van der Waals surface area contributed by atoms with Crippen LogP contribution in [0.15, 0.2) is 170 Å². The summed E-state index contributed by atoms with van der Waals surface area (Å²) in [7, 11) is 0. The molecule has 0 N–H and O–H groups in total. The smallest absolute Gasteiger partial charge is 0.195 e. The lowest BCUT2D eigenvalue weighted by atomic mass is 10.2. The molecule has 0 aliphatic rings. The van der Waals surface area contributed by atoms with Crippen molar-refractivity contribution >= 4 is 81.7 Å². The number of rotatable bonds is 5. The molecule has 5 heteroatoms. The fraction of sp³-hybridized carbons (Fsp3) is 0. The Bertz CT molecular complexity index is 2490. The molecular weight excluding hydrogens is 605 g/mol. The van der Waals surface area contributed by atoms with Crippen molar-refractivity contribution in [1.82, 2.24) is 14.1 Å². The third-order valence-corrected chi connectivity index (χ3v) is 10.4. The van der Waals surface area contributed by atoms with Crippen LogP contribution in [0.2, 0.25) is 0 Å². The van der Waals surface area contributed by atoms with Crippen molar-refractivity contribution in [2.75, 3.05) is 4.90 Å². The standard InChI is InChI=1S/C43H28N4S/c1-3-15-29(16-4-1)45(30-17-5-2-6-18-30)43-44-41-39(46-35-23-11-7-19-31(35)32-20-8-12-24-36(32)46)27-28-40(42(41)48-43)47-37-25-13-9-21-33(37)34-22-10-14-26-38(34)47/h1-28H. The minimum Gasteiger partial charge on any atom is -0.308 e. The van der Waals surface area contributed by atoms with Gasteiger partial charge < -0.3 is 9.13 Å². The van der Waals surface area contributed by atoms with Crippen LogP contribution in [-0.4, -0.2) is 14.1 Å². The number of anilines is 3. The summed E-state index contributed by atoms with van der Waals surface area (Å²) < 4.78 is 5.94. The molecule has 0 aliphatic heterocycles. The summed E-state index contributed by atoms with van der Waals surface area (Å²) in [6.45, 7) is 0. The molecule has 0 spiro atoms. The van der Waals surface area contributed by atoms with Crippen LogP contribution in [0.4, 0.5) is 16.5 Å². The number of thiazole rings is 1. The average Bonchev–Trinajstić information content (AvgIpc) is 3.84. The Kier molecular flexibility index (Phi) is 6.01. The molecule has 10 rings (SSSR count). The van der Waals surface area contributed by atoms with Gasteiger partial charge in [0.2, 0.25) is 0 Å². The Morgan fingerprint density at radius 3 is 1.23 bits per heavy atom. The van der Waals surface area contributed by atoms with E-state index in [2.05, 4.69) is 184 Å². The van der Waals surface area contributed by atoms with Crippen molar-refractivity contribution in [3.05, 3.63) is 170 Å². The molecule has 0 aliphatic carbocycles. The van der Waals surface area contributed by atoms with E-state index >= 15 is 0 Å². The second-order valence-corrected chi connectivity index (χ2v) is 13.0. The highest BCUT2D eigenvalue weighted by Gasteiger charge is 2.24. The van der Waals surface area contributed by atoms with Gasteiger partial charge in [0.15, 0.2) is 5.13 Å². The van der Waals surface area contributed by atoms with Crippen molar-refractivity contribution in [1.29, 1.82) is 0 Å². The van der Waals surface area contributed by atoms with E-state index in [4.69, 9.17) is 4.98 Å². The Morgan fingerprint density at radius 1 is 0.396 bits per heavy atom. The first-order valence-corrected chi connectivity index (χ1v) is 17.0. The van der Waals surface area contributed by atoms with Crippen molar-refractivity contribution < 1.29 is 0 Å². The van der Waals surface area contributed by atoms with Gasteiger partial charge in [0, 0.05) is 32.9 Å². The first-order chi connectivity index (χ1) is 23.8. The van der Waals surface area contributed by atoms with E-state index in [-0.39, 0.29) is 0 Å². The lowest BCUT2D eigenvalue weighted by Crippen LogP contribution is -2.09. The van der Waals surface area contributed by atoms with E-state index in [0.717, 1.165) is 38.1 Å². The molecule has 226 valence electrons. The fourth-order valence-electron chi connectivity index (χ4n) is 7.31. The Morgan fingerprint density at radius 2 is 0.771 bits per heavy atom. The van der Waals surface area contributed by atoms with Gasteiger partial charge in [0.1, 0.15) is 5.52 Å². The van der Waals surface area contributed by atoms with Gasteiger partial charge in [0.05, 0.1) is 38.1 Å². The lowest BCUT2D eigenvalue weighted by Gasteiger charge is -2.22. The molecule has 0 radical (unpaired) electrons. The number of hydrogen-bond donors (Lipinski definition) is 0. The van der Waals surface area contributed by atoms with Crippen LogP contribution >= 0.6 is 11.3 Å². The topological polar surface area (TPSA) is 26.0 Å². The van der Waals surface area contributed by atoms with E-state index in [1.54, 1.807) is 11.3 Å². The first kappa shape index (κ1) is 27.0. The van der Waals surface area contributed by atoms with Crippen LogP contribution in [-0.2, 0) is 0 Å². The maximum atomic E-state index is 5.58. The zero-order valence-corrected chi connectivity index (χ0v) is 26.7. The number of para-hydroxylation sites is 6. The van der Waals surface area contributed by atoms with Gasteiger partial charge in [0.25, 0.3) is 0 Å². The highest BCUT2D eigenvalue weighted by molar-refractivity contribution is 7.22. The quantitative estimate of drug-likeness (QED) is 0.189. The summed E-state index contributed by atoms with van der Waals surface area (Å²) >= 11 is 1.74. The molecule has 3 heterocycles.